The average Bonchev–Trinajstić information content (AvgIpc) is 3.21. The van der Waals surface area contributed by atoms with E-state index in [4.69, 9.17) is 9.26 Å². The third-order valence-electron chi connectivity index (χ3n) is 4.64. The van der Waals surface area contributed by atoms with Gasteiger partial charge in [-0.1, -0.05) is 29.8 Å². The number of nitrogens with one attached hydrogen (secondary N) is 1. The molecule has 0 aliphatic carbocycles. The van der Waals surface area contributed by atoms with Crippen molar-refractivity contribution in [2.45, 2.75) is 41.0 Å². The lowest BCUT2D eigenvalue weighted by molar-refractivity contribution is -0.119. The Kier molecular flexibility index (Phi) is 5.81. The first kappa shape index (κ1) is 20.3. The van der Waals surface area contributed by atoms with E-state index in [2.05, 4.69) is 15.6 Å². The highest BCUT2D eigenvalue weighted by Gasteiger charge is 2.22. The molecule has 3 aromatic rings. The highest BCUT2D eigenvalue weighted by molar-refractivity contribution is 5.97. The van der Waals surface area contributed by atoms with Crippen LogP contribution in [0.5, 0.6) is 0 Å². The molecule has 0 saturated carbocycles. The fraction of sp³-hybridized carbons (Fsp3) is 0.333. The molecular formula is C21H24N4O4. The van der Waals surface area contributed by atoms with Crippen LogP contribution in [0.3, 0.4) is 0 Å². The third kappa shape index (κ3) is 4.21. The molecule has 2 aromatic heterocycles. The summed E-state index contributed by atoms with van der Waals surface area (Å²) in [4.78, 5) is 24.7. The summed E-state index contributed by atoms with van der Waals surface area (Å²) in [6.45, 7) is 8.78. The van der Waals surface area contributed by atoms with Crippen LogP contribution in [0.25, 0.3) is 5.69 Å². The second kappa shape index (κ2) is 8.30. The van der Waals surface area contributed by atoms with Crippen LogP contribution in [-0.4, -0.2) is 33.4 Å². The number of carbonyl (C=O) groups excluding carboxylic acids is 2. The van der Waals surface area contributed by atoms with Gasteiger partial charge in [0.05, 0.1) is 28.5 Å². The summed E-state index contributed by atoms with van der Waals surface area (Å²) in [5.74, 6) is -0.696. The van der Waals surface area contributed by atoms with Gasteiger partial charge >= 0.3 is 5.97 Å². The van der Waals surface area contributed by atoms with Crippen molar-refractivity contribution in [1.82, 2.24) is 14.9 Å². The maximum Gasteiger partial charge on any atom is 0.344 e. The number of aromatic nitrogens is 3. The summed E-state index contributed by atoms with van der Waals surface area (Å²) < 4.78 is 11.9. The van der Waals surface area contributed by atoms with Crippen LogP contribution in [0.2, 0.25) is 0 Å². The molecule has 8 heteroatoms. The molecule has 1 aromatic carbocycles. The Morgan fingerprint density at radius 2 is 1.83 bits per heavy atom. The molecular weight excluding hydrogens is 372 g/mol. The number of rotatable bonds is 6. The lowest BCUT2D eigenvalue weighted by atomic mass is 10.1. The Hall–Kier alpha value is -3.42. The van der Waals surface area contributed by atoms with Crippen molar-refractivity contribution in [3.63, 3.8) is 0 Å². The third-order valence-corrected chi connectivity index (χ3v) is 4.64. The summed E-state index contributed by atoms with van der Waals surface area (Å²) in [7, 11) is 0. The summed E-state index contributed by atoms with van der Waals surface area (Å²) in [6.07, 6.45) is 0.532. The zero-order valence-corrected chi connectivity index (χ0v) is 17.2. The van der Waals surface area contributed by atoms with Crippen molar-refractivity contribution in [3.05, 3.63) is 58.2 Å². The van der Waals surface area contributed by atoms with Gasteiger partial charge in [-0.2, -0.15) is 5.10 Å². The lowest BCUT2D eigenvalue weighted by Gasteiger charge is -2.08. The molecule has 3 rings (SSSR count). The number of amides is 1. The number of ether oxygens (including phenoxy) is 1. The minimum Gasteiger partial charge on any atom is -0.452 e. The van der Waals surface area contributed by atoms with E-state index in [0.29, 0.717) is 29.3 Å². The van der Waals surface area contributed by atoms with Crippen LogP contribution in [0.15, 0.2) is 28.8 Å². The molecule has 0 aliphatic heterocycles. The fourth-order valence-electron chi connectivity index (χ4n) is 3.06. The smallest absolute Gasteiger partial charge is 0.344 e. The van der Waals surface area contributed by atoms with Gasteiger partial charge < -0.3 is 14.6 Å². The number of benzene rings is 1. The molecule has 0 unspecified atom stereocenters. The highest BCUT2D eigenvalue weighted by Crippen LogP contribution is 2.23. The molecule has 29 heavy (non-hydrogen) atoms. The number of carbonyl (C=O) groups is 2. The van der Waals surface area contributed by atoms with E-state index in [-0.39, 0.29) is 5.56 Å². The minimum atomic E-state index is -0.625. The van der Waals surface area contributed by atoms with Gasteiger partial charge in [-0.05, 0) is 46.2 Å². The molecule has 0 spiro atoms. The van der Waals surface area contributed by atoms with E-state index in [1.54, 1.807) is 11.6 Å². The Labute approximate surface area is 168 Å². The number of aryl methyl sites for hydroxylation is 4. The Balaban J connectivity index is 1.69. The van der Waals surface area contributed by atoms with E-state index in [1.807, 2.05) is 52.0 Å². The van der Waals surface area contributed by atoms with E-state index >= 15 is 0 Å². The first-order valence-corrected chi connectivity index (χ1v) is 9.37. The van der Waals surface area contributed by atoms with Crippen LogP contribution >= 0.6 is 0 Å². The van der Waals surface area contributed by atoms with Crippen molar-refractivity contribution in [3.8, 4) is 5.69 Å². The van der Waals surface area contributed by atoms with Gasteiger partial charge in [0.2, 0.25) is 0 Å². The number of hydrogen-bond acceptors (Lipinski definition) is 6. The van der Waals surface area contributed by atoms with Gasteiger partial charge in [0.15, 0.2) is 6.61 Å². The maximum absolute atomic E-state index is 12.4. The average molecular weight is 396 g/mol. The molecule has 0 aliphatic rings. The minimum absolute atomic E-state index is 0.278. The maximum atomic E-state index is 12.4. The predicted molar refractivity (Wildman–Crippen MR) is 107 cm³/mol. The topological polar surface area (TPSA) is 99.2 Å². The van der Waals surface area contributed by atoms with Crippen LogP contribution in [0, 0.1) is 27.7 Å². The van der Waals surface area contributed by atoms with Gasteiger partial charge in [-0.15, -0.1) is 0 Å². The molecule has 152 valence electrons. The van der Waals surface area contributed by atoms with Gasteiger partial charge in [-0.25, -0.2) is 9.48 Å². The number of nitrogens with zero attached hydrogens (tertiary/aromatic N) is 3. The van der Waals surface area contributed by atoms with Crippen LogP contribution in [0.1, 0.15) is 45.7 Å². The van der Waals surface area contributed by atoms with Crippen molar-refractivity contribution < 1.29 is 18.8 Å². The normalized spacial score (nSPS) is 10.8. The molecule has 1 amide bonds. The SMILES string of the molecule is CCc1noc(C)c1C(=O)OCC(=O)Nc1c(C)nn(-c2ccc(C)cc2)c1C. The summed E-state index contributed by atoms with van der Waals surface area (Å²) in [6, 6.07) is 7.94. The van der Waals surface area contributed by atoms with E-state index in [0.717, 1.165) is 16.9 Å². The Morgan fingerprint density at radius 3 is 2.48 bits per heavy atom. The van der Waals surface area contributed by atoms with Gasteiger partial charge in [-0.3, -0.25) is 4.79 Å². The van der Waals surface area contributed by atoms with Gasteiger partial charge in [0, 0.05) is 0 Å². The zero-order chi connectivity index (χ0) is 21.1. The van der Waals surface area contributed by atoms with Crippen LogP contribution in [-0.2, 0) is 16.0 Å². The predicted octanol–water partition coefficient (Wildman–Crippen LogP) is 3.45. The van der Waals surface area contributed by atoms with Crippen molar-refractivity contribution >= 4 is 17.6 Å². The second-order valence-electron chi connectivity index (χ2n) is 6.83. The van der Waals surface area contributed by atoms with Crippen LogP contribution in [0.4, 0.5) is 5.69 Å². The molecule has 0 radical (unpaired) electrons. The largest absolute Gasteiger partial charge is 0.452 e. The molecule has 0 bridgehead atoms. The van der Waals surface area contributed by atoms with Crippen molar-refractivity contribution in [1.29, 1.82) is 0 Å². The fourth-order valence-corrected chi connectivity index (χ4v) is 3.06. The summed E-state index contributed by atoms with van der Waals surface area (Å²) in [5.41, 5.74) is 4.90. The van der Waals surface area contributed by atoms with E-state index in [1.165, 1.54) is 0 Å². The van der Waals surface area contributed by atoms with E-state index < -0.39 is 18.5 Å². The lowest BCUT2D eigenvalue weighted by Crippen LogP contribution is -2.22. The van der Waals surface area contributed by atoms with E-state index in [9.17, 15) is 9.59 Å². The Morgan fingerprint density at radius 1 is 1.14 bits per heavy atom. The zero-order valence-electron chi connectivity index (χ0n) is 17.2. The molecule has 2 heterocycles. The summed E-state index contributed by atoms with van der Waals surface area (Å²) >= 11 is 0. The first-order valence-electron chi connectivity index (χ1n) is 9.37. The number of hydrogen-bond donors (Lipinski definition) is 1. The molecule has 0 atom stereocenters. The monoisotopic (exact) mass is 396 g/mol. The Bertz CT molecular complexity index is 1050. The van der Waals surface area contributed by atoms with Gasteiger partial charge in [0.25, 0.3) is 5.91 Å². The molecule has 8 nitrogen and oxygen atoms in total. The highest BCUT2D eigenvalue weighted by atomic mass is 16.5. The second-order valence-corrected chi connectivity index (χ2v) is 6.83. The number of esters is 1. The molecule has 0 fully saturated rings. The van der Waals surface area contributed by atoms with Gasteiger partial charge in [0.1, 0.15) is 11.3 Å². The number of anilines is 1. The summed E-state index contributed by atoms with van der Waals surface area (Å²) in [5, 5.41) is 11.1. The van der Waals surface area contributed by atoms with Crippen LogP contribution < -0.4 is 5.32 Å². The molecule has 1 N–H and O–H groups in total. The standard InChI is InChI=1S/C21H24N4O4/c1-6-17-19(15(5)29-24-17)21(27)28-11-18(26)22-20-13(3)23-25(14(20)4)16-9-7-12(2)8-10-16/h7-10H,6,11H2,1-5H3,(H,22,26). The quantitative estimate of drug-likeness (QED) is 0.641. The molecule has 0 saturated heterocycles. The van der Waals surface area contributed by atoms with Crippen molar-refractivity contribution in [2.24, 2.45) is 0 Å². The van der Waals surface area contributed by atoms with Crippen molar-refractivity contribution in [2.75, 3.05) is 11.9 Å². The first-order chi connectivity index (χ1) is 13.8.